The summed E-state index contributed by atoms with van der Waals surface area (Å²) in [5, 5.41) is 10.8. The zero-order valence-corrected chi connectivity index (χ0v) is 14.8. The van der Waals surface area contributed by atoms with Gasteiger partial charge in [0.25, 0.3) is 0 Å². The molecule has 6 heteroatoms. The summed E-state index contributed by atoms with van der Waals surface area (Å²) in [5.74, 6) is -3.25. The average molecular weight is 348 g/mol. The molecule has 0 aliphatic carbocycles. The van der Waals surface area contributed by atoms with Crippen molar-refractivity contribution in [3.8, 4) is 0 Å². The van der Waals surface area contributed by atoms with E-state index in [9.17, 15) is 14.7 Å². The first-order valence-electron chi connectivity index (χ1n) is 8.48. The molecule has 1 N–H and O–H groups in total. The van der Waals surface area contributed by atoms with Crippen molar-refractivity contribution in [2.75, 3.05) is 0 Å². The molecule has 0 aromatic carbocycles. The van der Waals surface area contributed by atoms with E-state index in [0.717, 1.165) is 5.57 Å². The highest BCUT2D eigenvalue weighted by Gasteiger charge is 2.52. The number of rotatable bonds is 2. The summed E-state index contributed by atoms with van der Waals surface area (Å²) in [6.45, 7) is 12.7. The minimum Gasteiger partial charge on any atom is -0.458 e. The Morgan fingerprint density at radius 2 is 2.12 bits per heavy atom. The first-order valence-corrected chi connectivity index (χ1v) is 8.48. The van der Waals surface area contributed by atoms with Crippen LogP contribution in [0, 0.1) is 11.8 Å². The Bertz CT molecular complexity index is 677. The molecule has 6 nitrogen and oxygen atoms in total. The summed E-state index contributed by atoms with van der Waals surface area (Å²) in [5.41, 5.74) is 1.47. The highest BCUT2D eigenvalue weighted by molar-refractivity contribution is 5.91. The van der Waals surface area contributed by atoms with Gasteiger partial charge in [0.2, 0.25) is 0 Å². The smallest absolute Gasteiger partial charge is 0.334 e. The molecule has 0 radical (unpaired) electrons. The maximum absolute atomic E-state index is 12.1. The first kappa shape index (κ1) is 17.9. The molecule has 0 aromatic rings. The second kappa shape index (κ2) is 6.11. The number of carbonyl (C=O) groups excluding carboxylic acids is 2. The van der Waals surface area contributed by atoms with Crippen LogP contribution in [-0.4, -0.2) is 41.1 Å². The van der Waals surface area contributed by atoms with E-state index in [0.29, 0.717) is 18.4 Å². The molecule has 0 spiro atoms. The van der Waals surface area contributed by atoms with Crippen LogP contribution in [0.4, 0.5) is 0 Å². The van der Waals surface area contributed by atoms with Crippen molar-refractivity contribution in [2.24, 2.45) is 11.8 Å². The van der Waals surface area contributed by atoms with Crippen LogP contribution in [0.25, 0.3) is 0 Å². The summed E-state index contributed by atoms with van der Waals surface area (Å²) in [7, 11) is 0. The van der Waals surface area contributed by atoms with Crippen molar-refractivity contribution >= 4 is 11.9 Å². The first-order chi connectivity index (χ1) is 11.6. The number of esters is 2. The zero-order valence-electron chi connectivity index (χ0n) is 14.8. The lowest BCUT2D eigenvalue weighted by Crippen LogP contribution is -2.40. The van der Waals surface area contributed by atoms with Crippen molar-refractivity contribution in [1.82, 2.24) is 0 Å². The van der Waals surface area contributed by atoms with Crippen molar-refractivity contribution in [3.63, 3.8) is 0 Å². The fourth-order valence-corrected chi connectivity index (χ4v) is 3.81. The lowest BCUT2D eigenvalue weighted by atomic mass is 9.81. The van der Waals surface area contributed by atoms with Gasteiger partial charge in [0.1, 0.15) is 12.2 Å². The van der Waals surface area contributed by atoms with Gasteiger partial charge in [-0.2, -0.15) is 0 Å². The van der Waals surface area contributed by atoms with Crippen LogP contribution in [0.3, 0.4) is 0 Å². The normalized spacial score (nSPS) is 40.3. The Hall–Kier alpha value is -1.92. The molecular formula is C19H24O6. The zero-order chi connectivity index (χ0) is 18.5. The highest BCUT2D eigenvalue weighted by Crippen LogP contribution is 2.44. The van der Waals surface area contributed by atoms with Crippen LogP contribution < -0.4 is 0 Å². The van der Waals surface area contributed by atoms with Crippen LogP contribution >= 0.6 is 0 Å². The van der Waals surface area contributed by atoms with Crippen molar-refractivity contribution in [2.45, 2.75) is 57.7 Å². The maximum atomic E-state index is 12.1. The molecule has 2 bridgehead atoms. The number of ether oxygens (including phenoxy) is 3. The van der Waals surface area contributed by atoms with Crippen LogP contribution in [-0.2, 0) is 23.8 Å². The lowest BCUT2D eigenvalue weighted by molar-refractivity contribution is -0.208. The molecule has 3 aliphatic heterocycles. The predicted molar refractivity (Wildman–Crippen MR) is 89.2 cm³/mol. The number of carbonyl (C=O) groups is 2. The van der Waals surface area contributed by atoms with E-state index in [1.165, 1.54) is 0 Å². The van der Waals surface area contributed by atoms with Gasteiger partial charge in [0.05, 0.1) is 12.0 Å². The molecule has 0 aromatic heterocycles. The fraction of sp³-hybridized carbons (Fsp3) is 0.579. The molecule has 2 fully saturated rings. The third-order valence-corrected chi connectivity index (χ3v) is 5.34. The van der Waals surface area contributed by atoms with E-state index in [1.54, 1.807) is 13.0 Å². The molecule has 0 saturated carbocycles. The van der Waals surface area contributed by atoms with Crippen molar-refractivity contribution < 1.29 is 28.9 Å². The van der Waals surface area contributed by atoms with Crippen LogP contribution in [0.2, 0.25) is 0 Å². The van der Waals surface area contributed by atoms with E-state index >= 15 is 0 Å². The van der Waals surface area contributed by atoms with Gasteiger partial charge >= 0.3 is 11.9 Å². The van der Waals surface area contributed by atoms with Crippen molar-refractivity contribution in [3.05, 3.63) is 36.0 Å². The summed E-state index contributed by atoms with van der Waals surface area (Å²) in [6, 6.07) is 0. The van der Waals surface area contributed by atoms with Gasteiger partial charge in [-0.15, -0.1) is 0 Å². The molecule has 2 saturated heterocycles. The minimum atomic E-state index is -1.42. The predicted octanol–water partition coefficient (Wildman–Crippen LogP) is 2.04. The summed E-state index contributed by atoms with van der Waals surface area (Å²) < 4.78 is 16.9. The van der Waals surface area contributed by atoms with Gasteiger partial charge in [0.15, 0.2) is 5.79 Å². The number of aliphatic hydroxyl groups is 1. The number of hydrogen-bond donors (Lipinski definition) is 1. The molecule has 3 rings (SSSR count). The summed E-state index contributed by atoms with van der Waals surface area (Å²) >= 11 is 0. The molecule has 0 amide bonds. The largest absolute Gasteiger partial charge is 0.458 e. The molecule has 6 atom stereocenters. The van der Waals surface area contributed by atoms with Gasteiger partial charge < -0.3 is 19.3 Å². The molecule has 3 aliphatic rings. The SMILES string of the molecule is C=C(C)C(=O)OC1CC(C)C2(O)C=C(C)C(CC3OC(=O)C(=C)C13)O2. The molecular weight excluding hydrogens is 324 g/mol. The van der Waals surface area contributed by atoms with Gasteiger partial charge in [-0.3, -0.25) is 0 Å². The van der Waals surface area contributed by atoms with Gasteiger partial charge in [-0.25, -0.2) is 9.59 Å². The Morgan fingerprint density at radius 1 is 1.44 bits per heavy atom. The third kappa shape index (κ3) is 3.04. The Balaban J connectivity index is 1.98. The summed E-state index contributed by atoms with van der Waals surface area (Å²) in [6.07, 6.45) is 0.879. The van der Waals surface area contributed by atoms with E-state index in [1.807, 2.05) is 13.8 Å². The molecule has 6 unspecified atom stereocenters. The second-order valence-electron chi connectivity index (χ2n) is 7.34. The minimum absolute atomic E-state index is 0.271. The second-order valence-corrected chi connectivity index (χ2v) is 7.34. The van der Waals surface area contributed by atoms with Gasteiger partial charge in [-0.1, -0.05) is 20.1 Å². The average Bonchev–Trinajstić information content (AvgIpc) is 2.96. The third-order valence-electron chi connectivity index (χ3n) is 5.34. The van der Waals surface area contributed by atoms with Crippen molar-refractivity contribution in [1.29, 1.82) is 0 Å². The molecule has 25 heavy (non-hydrogen) atoms. The van der Waals surface area contributed by atoms with Crippen LogP contribution in [0.5, 0.6) is 0 Å². The molecule has 136 valence electrons. The number of fused-ring (bicyclic) bond motifs is 3. The number of hydrogen-bond acceptors (Lipinski definition) is 6. The Labute approximate surface area is 147 Å². The van der Waals surface area contributed by atoms with E-state index in [-0.39, 0.29) is 17.6 Å². The standard InChI is InChI=1S/C19H24O6/c1-9(2)17(20)23-14-6-11(4)19(22)8-10(3)13(25-19)7-15-16(14)12(5)18(21)24-15/h8,11,13-16,22H,1,5-7H2,2-4H3. The van der Waals surface area contributed by atoms with Crippen LogP contribution in [0.15, 0.2) is 36.0 Å². The van der Waals surface area contributed by atoms with E-state index in [4.69, 9.17) is 14.2 Å². The highest BCUT2D eigenvalue weighted by atomic mass is 16.6. The van der Waals surface area contributed by atoms with Crippen LogP contribution in [0.1, 0.15) is 33.6 Å². The van der Waals surface area contributed by atoms with Gasteiger partial charge in [0, 0.05) is 23.5 Å². The fourth-order valence-electron chi connectivity index (χ4n) is 3.81. The van der Waals surface area contributed by atoms with E-state index < -0.39 is 35.9 Å². The quantitative estimate of drug-likeness (QED) is 0.467. The maximum Gasteiger partial charge on any atom is 0.334 e. The van der Waals surface area contributed by atoms with Gasteiger partial charge in [-0.05, 0) is 31.9 Å². The monoisotopic (exact) mass is 348 g/mol. The lowest BCUT2D eigenvalue weighted by Gasteiger charge is -2.32. The Kier molecular flexibility index (Phi) is 4.37. The Morgan fingerprint density at radius 3 is 2.76 bits per heavy atom. The summed E-state index contributed by atoms with van der Waals surface area (Å²) in [4.78, 5) is 24.2. The van der Waals surface area contributed by atoms with E-state index in [2.05, 4.69) is 13.2 Å². The molecule has 3 heterocycles. The topological polar surface area (TPSA) is 82.1 Å².